The monoisotopic (exact) mass is 227 g/mol. The standard InChI is InChI=1S/C10H14ClN3O/c11-10-13-5-2-9(14-10)12-4-1-8-3-6-15-7-8/h2,5,8H,1,3-4,6-7H2,(H,12,13,14). The van der Waals surface area contributed by atoms with Gasteiger partial charge in [-0.15, -0.1) is 0 Å². The first-order valence-electron chi connectivity index (χ1n) is 5.15. The molecule has 1 aromatic heterocycles. The Morgan fingerprint density at radius 3 is 3.27 bits per heavy atom. The van der Waals surface area contributed by atoms with Crippen LogP contribution in [-0.2, 0) is 4.74 Å². The molecule has 1 atom stereocenters. The normalized spacial score (nSPS) is 20.5. The van der Waals surface area contributed by atoms with Crippen molar-refractivity contribution in [2.75, 3.05) is 25.1 Å². The molecule has 5 heteroatoms. The number of nitrogens with one attached hydrogen (secondary N) is 1. The molecule has 0 radical (unpaired) electrons. The summed E-state index contributed by atoms with van der Waals surface area (Å²) in [5.74, 6) is 1.48. The van der Waals surface area contributed by atoms with Crippen molar-refractivity contribution in [2.24, 2.45) is 5.92 Å². The Hall–Kier alpha value is -0.870. The highest BCUT2D eigenvalue weighted by Gasteiger charge is 2.14. The lowest BCUT2D eigenvalue weighted by Gasteiger charge is -2.08. The van der Waals surface area contributed by atoms with Gasteiger partial charge in [-0.05, 0) is 36.4 Å². The van der Waals surface area contributed by atoms with Crippen LogP contribution in [-0.4, -0.2) is 29.7 Å². The molecular formula is C10H14ClN3O. The summed E-state index contributed by atoms with van der Waals surface area (Å²) in [5.41, 5.74) is 0. The predicted octanol–water partition coefficient (Wildman–Crippen LogP) is 1.97. The van der Waals surface area contributed by atoms with Gasteiger partial charge in [-0.3, -0.25) is 0 Å². The van der Waals surface area contributed by atoms with Gasteiger partial charge in [-0.25, -0.2) is 9.97 Å². The van der Waals surface area contributed by atoms with Crippen LogP contribution in [0.3, 0.4) is 0 Å². The minimum atomic E-state index is 0.282. The van der Waals surface area contributed by atoms with Gasteiger partial charge in [0.2, 0.25) is 5.28 Å². The lowest BCUT2D eigenvalue weighted by Crippen LogP contribution is -2.09. The molecule has 1 aliphatic rings. The van der Waals surface area contributed by atoms with Crippen molar-refractivity contribution < 1.29 is 4.74 Å². The van der Waals surface area contributed by atoms with Crippen molar-refractivity contribution in [3.63, 3.8) is 0 Å². The first kappa shape index (κ1) is 10.6. The molecule has 2 rings (SSSR count). The summed E-state index contributed by atoms with van der Waals surface area (Å²) in [4.78, 5) is 7.87. The van der Waals surface area contributed by atoms with E-state index in [0.29, 0.717) is 5.92 Å². The van der Waals surface area contributed by atoms with Crippen molar-refractivity contribution in [1.29, 1.82) is 0 Å². The van der Waals surface area contributed by atoms with E-state index in [0.717, 1.165) is 32.0 Å². The number of nitrogens with zero attached hydrogens (tertiary/aromatic N) is 2. The molecule has 0 saturated carbocycles. The maximum absolute atomic E-state index is 5.67. The molecule has 1 aliphatic heterocycles. The van der Waals surface area contributed by atoms with E-state index in [-0.39, 0.29) is 5.28 Å². The van der Waals surface area contributed by atoms with E-state index in [1.54, 1.807) is 6.20 Å². The van der Waals surface area contributed by atoms with E-state index in [1.807, 2.05) is 6.07 Å². The van der Waals surface area contributed by atoms with Crippen LogP contribution in [0.25, 0.3) is 0 Å². The Morgan fingerprint density at radius 1 is 1.60 bits per heavy atom. The highest BCUT2D eigenvalue weighted by Crippen LogP contribution is 2.16. The summed E-state index contributed by atoms with van der Waals surface area (Å²) in [5, 5.41) is 3.50. The van der Waals surface area contributed by atoms with E-state index in [4.69, 9.17) is 16.3 Å². The van der Waals surface area contributed by atoms with Crippen LogP contribution in [0.2, 0.25) is 5.28 Å². The second kappa shape index (κ2) is 5.28. The van der Waals surface area contributed by atoms with E-state index in [9.17, 15) is 0 Å². The number of halogens is 1. The van der Waals surface area contributed by atoms with Crippen LogP contribution >= 0.6 is 11.6 Å². The summed E-state index contributed by atoms with van der Waals surface area (Å²) in [6, 6.07) is 1.82. The Morgan fingerprint density at radius 2 is 2.53 bits per heavy atom. The van der Waals surface area contributed by atoms with Crippen molar-refractivity contribution in [3.05, 3.63) is 17.5 Å². The number of hydrogen-bond donors (Lipinski definition) is 1. The van der Waals surface area contributed by atoms with Gasteiger partial charge >= 0.3 is 0 Å². The van der Waals surface area contributed by atoms with Gasteiger partial charge in [0, 0.05) is 26.0 Å². The Labute approximate surface area is 94.0 Å². The molecule has 15 heavy (non-hydrogen) atoms. The topological polar surface area (TPSA) is 47.0 Å². The maximum Gasteiger partial charge on any atom is 0.224 e. The van der Waals surface area contributed by atoms with Crippen molar-refractivity contribution in [3.8, 4) is 0 Å². The van der Waals surface area contributed by atoms with Gasteiger partial charge in [0.05, 0.1) is 0 Å². The predicted molar refractivity (Wildman–Crippen MR) is 59.1 cm³/mol. The zero-order valence-electron chi connectivity index (χ0n) is 8.45. The fourth-order valence-electron chi connectivity index (χ4n) is 1.65. The Balaban J connectivity index is 1.73. The molecule has 1 unspecified atom stereocenters. The van der Waals surface area contributed by atoms with Crippen molar-refractivity contribution in [1.82, 2.24) is 9.97 Å². The second-order valence-corrected chi connectivity index (χ2v) is 3.99. The molecule has 82 valence electrons. The number of hydrogen-bond acceptors (Lipinski definition) is 4. The number of rotatable bonds is 4. The fourth-order valence-corrected chi connectivity index (χ4v) is 1.80. The highest BCUT2D eigenvalue weighted by atomic mass is 35.5. The molecule has 0 aromatic carbocycles. The highest BCUT2D eigenvalue weighted by molar-refractivity contribution is 6.28. The Kier molecular flexibility index (Phi) is 3.75. The van der Waals surface area contributed by atoms with Crippen LogP contribution in [0.5, 0.6) is 0 Å². The smallest absolute Gasteiger partial charge is 0.224 e. The first-order chi connectivity index (χ1) is 7.34. The summed E-state index contributed by atoms with van der Waals surface area (Å²) in [6.07, 6.45) is 3.93. The quantitative estimate of drug-likeness (QED) is 0.799. The van der Waals surface area contributed by atoms with E-state index >= 15 is 0 Å². The fraction of sp³-hybridized carbons (Fsp3) is 0.600. The second-order valence-electron chi connectivity index (χ2n) is 3.66. The molecule has 0 spiro atoms. The van der Waals surface area contributed by atoms with Crippen LogP contribution in [0, 0.1) is 5.92 Å². The zero-order chi connectivity index (χ0) is 10.5. The van der Waals surface area contributed by atoms with Crippen molar-refractivity contribution >= 4 is 17.4 Å². The molecule has 2 heterocycles. The van der Waals surface area contributed by atoms with Gasteiger partial charge in [0.25, 0.3) is 0 Å². The first-order valence-corrected chi connectivity index (χ1v) is 5.52. The van der Waals surface area contributed by atoms with Crippen molar-refractivity contribution in [2.45, 2.75) is 12.8 Å². The average molecular weight is 228 g/mol. The van der Waals surface area contributed by atoms with E-state index in [1.165, 1.54) is 6.42 Å². The summed E-state index contributed by atoms with van der Waals surface area (Å²) < 4.78 is 5.30. The van der Waals surface area contributed by atoms with Crippen LogP contribution < -0.4 is 5.32 Å². The Bertz CT molecular complexity index is 315. The average Bonchev–Trinajstić information content (AvgIpc) is 2.71. The molecule has 1 N–H and O–H groups in total. The maximum atomic E-state index is 5.67. The summed E-state index contributed by atoms with van der Waals surface area (Å²) in [6.45, 7) is 2.71. The molecule has 0 aliphatic carbocycles. The zero-order valence-corrected chi connectivity index (χ0v) is 9.20. The van der Waals surface area contributed by atoms with E-state index in [2.05, 4.69) is 15.3 Å². The van der Waals surface area contributed by atoms with Gasteiger partial charge in [0.1, 0.15) is 5.82 Å². The minimum Gasteiger partial charge on any atom is -0.381 e. The molecule has 1 saturated heterocycles. The van der Waals surface area contributed by atoms with Gasteiger partial charge in [0.15, 0.2) is 0 Å². The summed E-state index contributed by atoms with van der Waals surface area (Å²) >= 11 is 5.67. The SMILES string of the molecule is Clc1nccc(NCCC2CCOC2)n1. The minimum absolute atomic E-state index is 0.282. The molecular weight excluding hydrogens is 214 g/mol. The third-order valence-corrected chi connectivity index (χ3v) is 2.69. The third kappa shape index (κ3) is 3.32. The number of anilines is 1. The van der Waals surface area contributed by atoms with E-state index < -0.39 is 0 Å². The lowest BCUT2D eigenvalue weighted by atomic mass is 10.1. The van der Waals surface area contributed by atoms with Crippen LogP contribution in [0.15, 0.2) is 12.3 Å². The number of aromatic nitrogens is 2. The largest absolute Gasteiger partial charge is 0.381 e. The molecule has 0 bridgehead atoms. The van der Waals surface area contributed by atoms with Gasteiger partial charge in [-0.2, -0.15) is 0 Å². The molecule has 1 fully saturated rings. The lowest BCUT2D eigenvalue weighted by molar-refractivity contribution is 0.185. The number of ether oxygens (including phenoxy) is 1. The molecule has 0 amide bonds. The molecule has 4 nitrogen and oxygen atoms in total. The third-order valence-electron chi connectivity index (χ3n) is 2.51. The summed E-state index contributed by atoms with van der Waals surface area (Å²) in [7, 11) is 0. The van der Waals surface area contributed by atoms with Crippen LogP contribution in [0.1, 0.15) is 12.8 Å². The van der Waals surface area contributed by atoms with Crippen LogP contribution in [0.4, 0.5) is 5.82 Å². The van der Waals surface area contributed by atoms with Gasteiger partial charge in [-0.1, -0.05) is 0 Å². The molecule has 1 aromatic rings. The van der Waals surface area contributed by atoms with Gasteiger partial charge < -0.3 is 10.1 Å².